The van der Waals surface area contributed by atoms with E-state index in [0.717, 1.165) is 0 Å². The summed E-state index contributed by atoms with van der Waals surface area (Å²) in [5.41, 5.74) is 0.298. The zero-order chi connectivity index (χ0) is 10.0. The van der Waals surface area contributed by atoms with Crippen molar-refractivity contribution in [2.24, 2.45) is 0 Å². The lowest BCUT2D eigenvalue weighted by molar-refractivity contribution is -0.136. The molecule has 0 bridgehead atoms. The van der Waals surface area contributed by atoms with Gasteiger partial charge in [-0.15, -0.1) is 0 Å². The Kier molecular flexibility index (Phi) is 3.17. The minimum Gasteiger partial charge on any atom is -0.506 e. The van der Waals surface area contributed by atoms with Crippen LogP contribution in [0.25, 0.3) is 0 Å². The average molecular weight is 265 g/mol. The molecule has 0 saturated carbocycles. The average Bonchev–Trinajstić information content (AvgIpc) is 1.98. The first-order chi connectivity index (χ1) is 6.00. The number of phenolic OH excluding ortho intramolecular Hbond substituents is 1. The molecule has 3 nitrogen and oxygen atoms in total. The second-order valence-electron chi connectivity index (χ2n) is 2.47. The third-order valence-corrected chi connectivity index (χ3v) is 2.19. The maximum Gasteiger partial charge on any atom is 0.307 e. The normalized spacial score (nSPS) is 10.0. The van der Waals surface area contributed by atoms with Crippen LogP contribution in [0.4, 0.5) is 0 Å². The van der Waals surface area contributed by atoms with Crippen molar-refractivity contribution in [1.29, 1.82) is 0 Å². The molecule has 0 heterocycles. The highest BCUT2D eigenvalue weighted by atomic mass is 79.9. The molecule has 0 aromatic heterocycles. The number of phenols is 1. The first-order valence-electron chi connectivity index (χ1n) is 3.39. The molecule has 0 radical (unpaired) electrons. The van der Waals surface area contributed by atoms with E-state index in [9.17, 15) is 9.90 Å². The summed E-state index contributed by atoms with van der Waals surface area (Å²) < 4.78 is 0.645. The minimum atomic E-state index is -1.01. The van der Waals surface area contributed by atoms with Crippen molar-refractivity contribution < 1.29 is 15.0 Å². The van der Waals surface area contributed by atoms with E-state index in [1.54, 1.807) is 0 Å². The van der Waals surface area contributed by atoms with Gasteiger partial charge in [0.15, 0.2) is 0 Å². The second-order valence-corrected chi connectivity index (χ2v) is 3.79. The van der Waals surface area contributed by atoms with Gasteiger partial charge < -0.3 is 10.2 Å². The molecule has 5 heteroatoms. The third-order valence-electron chi connectivity index (χ3n) is 1.45. The molecule has 1 aromatic carbocycles. The standard InChI is InChI=1S/C8H6BrClO3/c9-5-1-4(2-7(11)12)8(13)6(10)3-5/h1,3,13H,2H2,(H,11,12). The Labute approximate surface area is 88.1 Å². The van der Waals surface area contributed by atoms with Gasteiger partial charge in [0.1, 0.15) is 5.75 Å². The summed E-state index contributed by atoms with van der Waals surface area (Å²) in [7, 11) is 0. The summed E-state index contributed by atoms with van der Waals surface area (Å²) in [6.07, 6.45) is -0.245. The molecule has 1 aromatic rings. The number of benzene rings is 1. The van der Waals surface area contributed by atoms with Crippen LogP contribution in [0, 0.1) is 0 Å². The van der Waals surface area contributed by atoms with Crippen LogP contribution >= 0.6 is 27.5 Å². The van der Waals surface area contributed by atoms with Gasteiger partial charge >= 0.3 is 5.97 Å². The monoisotopic (exact) mass is 264 g/mol. The van der Waals surface area contributed by atoms with E-state index < -0.39 is 5.97 Å². The number of halogens is 2. The molecule has 0 saturated heterocycles. The Morgan fingerprint density at radius 2 is 2.15 bits per heavy atom. The molecule has 13 heavy (non-hydrogen) atoms. The van der Waals surface area contributed by atoms with E-state index in [1.165, 1.54) is 12.1 Å². The van der Waals surface area contributed by atoms with Crippen LogP contribution in [0.15, 0.2) is 16.6 Å². The largest absolute Gasteiger partial charge is 0.506 e. The lowest BCUT2D eigenvalue weighted by Crippen LogP contribution is -2.00. The SMILES string of the molecule is O=C(O)Cc1cc(Br)cc(Cl)c1O. The van der Waals surface area contributed by atoms with Gasteiger partial charge in [-0.05, 0) is 12.1 Å². The number of carbonyl (C=O) groups is 1. The van der Waals surface area contributed by atoms with Gasteiger partial charge in [-0.1, -0.05) is 27.5 Å². The quantitative estimate of drug-likeness (QED) is 0.863. The summed E-state index contributed by atoms with van der Waals surface area (Å²) in [5.74, 6) is -1.18. The predicted octanol–water partition coefficient (Wildman–Crippen LogP) is 2.44. The molecule has 0 aliphatic rings. The highest BCUT2D eigenvalue weighted by molar-refractivity contribution is 9.10. The number of carboxylic acid groups (broad SMARTS) is 1. The molecule has 1 rings (SSSR count). The lowest BCUT2D eigenvalue weighted by Gasteiger charge is -2.04. The zero-order valence-electron chi connectivity index (χ0n) is 6.42. The van der Waals surface area contributed by atoms with Crippen molar-refractivity contribution in [2.45, 2.75) is 6.42 Å². The Bertz CT molecular complexity index is 351. The van der Waals surface area contributed by atoms with Crippen LogP contribution in [0.3, 0.4) is 0 Å². The van der Waals surface area contributed by atoms with Crippen LogP contribution in [-0.4, -0.2) is 16.2 Å². The Hall–Kier alpha value is -0.740. The minimum absolute atomic E-state index is 0.144. The highest BCUT2D eigenvalue weighted by Gasteiger charge is 2.10. The molecule has 2 N–H and O–H groups in total. The van der Waals surface area contributed by atoms with Crippen molar-refractivity contribution in [3.63, 3.8) is 0 Å². The molecule has 0 aliphatic carbocycles. The van der Waals surface area contributed by atoms with Crippen molar-refractivity contribution in [3.05, 3.63) is 27.2 Å². The predicted molar refractivity (Wildman–Crippen MR) is 52.2 cm³/mol. The van der Waals surface area contributed by atoms with Gasteiger partial charge in [-0.2, -0.15) is 0 Å². The van der Waals surface area contributed by atoms with Crippen molar-refractivity contribution in [1.82, 2.24) is 0 Å². The molecule has 70 valence electrons. The fourth-order valence-corrected chi connectivity index (χ4v) is 1.79. The van der Waals surface area contributed by atoms with Crippen LogP contribution in [0.5, 0.6) is 5.75 Å². The number of aromatic hydroxyl groups is 1. The Morgan fingerprint density at radius 1 is 1.54 bits per heavy atom. The second kappa shape index (κ2) is 3.98. The topological polar surface area (TPSA) is 57.5 Å². The number of hydrogen-bond acceptors (Lipinski definition) is 2. The third kappa shape index (κ3) is 2.60. The zero-order valence-corrected chi connectivity index (χ0v) is 8.76. The van der Waals surface area contributed by atoms with Crippen LogP contribution in [-0.2, 0) is 11.2 Å². The number of aliphatic carboxylic acids is 1. The number of carboxylic acids is 1. The molecule has 0 spiro atoms. The summed E-state index contributed by atoms with van der Waals surface area (Å²) in [6, 6.07) is 3.03. The van der Waals surface area contributed by atoms with Crippen LogP contribution in [0.2, 0.25) is 5.02 Å². The van der Waals surface area contributed by atoms with Crippen LogP contribution in [0.1, 0.15) is 5.56 Å². The number of rotatable bonds is 2. The lowest BCUT2D eigenvalue weighted by atomic mass is 10.1. The van der Waals surface area contributed by atoms with Gasteiger partial charge in [0.05, 0.1) is 11.4 Å². The molecular formula is C8H6BrClO3. The first-order valence-corrected chi connectivity index (χ1v) is 4.56. The van der Waals surface area contributed by atoms with E-state index in [2.05, 4.69) is 15.9 Å². The van der Waals surface area contributed by atoms with Crippen LogP contribution < -0.4 is 0 Å². The molecule has 0 atom stereocenters. The molecular weight excluding hydrogens is 259 g/mol. The maximum atomic E-state index is 10.4. The van der Waals surface area contributed by atoms with Gasteiger partial charge in [0, 0.05) is 10.0 Å². The number of hydrogen-bond donors (Lipinski definition) is 2. The molecule has 0 amide bonds. The summed E-state index contributed by atoms with van der Waals surface area (Å²) in [4.78, 5) is 10.4. The van der Waals surface area contributed by atoms with Crippen molar-refractivity contribution in [2.75, 3.05) is 0 Å². The first kappa shape index (κ1) is 10.3. The van der Waals surface area contributed by atoms with E-state index in [-0.39, 0.29) is 17.2 Å². The molecule has 0 aliphatic heterocycles. The fourth-order valence-electron chi connectivity index (χ4n) is 0.917. The van der Waals surface area contributed by atoms with Gasteiger partial charge in [-0.3, -0.25) is 4.79 Å². The van der Waals surface area contributed by atoms with E-state index in [1.807, 2.05) is 0 Å². The molecule has 0 unspecified atom stereocenters. The summed E-state index contributed by atoms with van der Waals surface area (Å²) in [5, 5.41) is 18.0. The van der Waals surface area contributed by atoms with Crippen molar-refractivity contribution in [3.8, 4) is 5.75 Å². The Balaban J connectivity index is 3.12. The van der Waals surface area contributed by atoms with Gasteiger partial charge in [0.25, 0.3) is 0 Å². The van der Waals surface area contributed by atoms with E-state index in [0.29, 0.717) is 10.0 Å². The van der Waals surface area contributed by atoms with Gasteiger partial charge in [0.2, 0.25) is 0 Å². The Morgan fingerprint density at radius 3 is 2.69 bits per heavy atom. The summed E-state index contributed by atoms with van der Waals surface area (Å²) in [6.45, 7) is 0. The maximum absolute atomic E-state index is 10.4. The van der Waals surface area contributed by atoms with E-state index in [4.69, 9.17) is 16.7 Å². The molecule has 0 fully saturated rings. The van der Waals surface area contributed by atoms with Gasteiger partial charge in [-0.25, -0.2) is 0 Å². The van der Waals surface area contributed by atoms with E-state index >= 15 is 0 Å². The smallest absolute Gasteiger partial charge is 0.307 e. The summed E-state index contributed by atoms with van der Waals surface area (Å²) >= 11 is 8.78. The highest BCUT2D eigenvalue weighted by Crippen LogP contribution is 2.31. The fraction of sp³-hybridized carbons (Fsp3) is 0.125. The van der Waals surface area contributed by atoms with Crippen molar-refractivity contribution >= 4 is 33.5 Å².